The number of aryl methyl sites for hydroxylation is 1. The van der Waals surface area contributed by atoms with Crippen LogP contribution in [0.5, 0.6) is 5.75 Å². The predicted molar refractivity (Wildman–Crippen MR) is 90.7 cm³/mol. The molecule has 0 unspecified atom stereocenters. The molecule has 6 heteroatoms. The largest absolute Gasteiger partial charge is 0.497 e. The summed E-state index contributed by atoms with van der Waals surface area (Å²) in [5.41, 5.74) is 3.89. The van der Waals surface area contributed by atoms with Crippen LogP contribution in [-0.4, -0.2) is 28.6 Å². The zero-order valence-electron chi connectivity index (χ0n) is 12.7. The molecule has 3 heterocycles. The summed E-state index contributed by atoms with van der Waals surface area (Å²) in [6, 6.07) is 9.87. The van der Waals surface area contributed by atoms with Gasteiger partial charge in [0.1, 0.15) is 11.3 Å². The van der Waals surface area contributed by atoms with Gasteiger partial charge in [0.25, 0.3) is 0 Å². The quantitative estimate of drug-likeness (QED) is 0.671. The molecule has 1 aromatic carbocycles. The minimum absolute atomic E-state index is 0.237. The summed E-state index contributed by atoms with van der Waals surface area (Å²) < 4.78 is 5.33. The number of methoxy groups -OCH3 is 1. The minimum atomic E-state index is 0.237. The van der Waals surface area contributed by atoms with Crippen LogP contribution in [0.15, 0.2) is 36.5 Å². The van der Waals surface area contributed by atoms with Gasteiger partial charge in [-0.05, 0) is 60.3 Å². The molecule has 0 bridgehead atoms. The van der Waals surface area contributed by atoms with Crippen molar-refractivity contribution in [2.75, 3.05) is 18.6 Å². The van der Waals surface area contributed by atoms with Gasteiger partial charge in [-0.3, -0.25) is 4.98 Å². The van der Waals surface area contributed by atoms with E-state index in [0.29, 0.717) is 0 Å². The zero-order chi connectivity index (χ0) is 15.8. The second-order valence-corrected chi connectivity index (χ2v) is 5.78. The fraction of sp³-hybridized carbons (Fsp3) is 0.235. The van der Waals surface area contributed by atoms with Crippen LogP contribution in [0.2, 0.25) is 5.28 Å². The molecular formula is C17H15ClN4O. The van der Waals surface area contributed by atoms with E-state index in [-0.39, 0.29) is 5.28 Å². The molecule has 0 saturated heterocycles. The molecule has 5 nitrogen and oxygen atoms in total. The molecule has 0 N–H and O–H groups in total. The fourth-order valence-corrected chi connectivity index (χ4v) is 3.20. The molecule has 1 aliphatic rings. The summed E-state index contributed by atoms with van der Waals surface area (Å²) in [5.74, 6) is 1.63. The molecule has 3 aromatic rings. The van der Waals surface area contributed by atoms with E-state index in [1.807, 2.05) is 18.2 Å². The van der Waals surface area contributed by atoms with Crippen molar-refractivity contribution in [3.63, 3.8) is 0 Å². The van der Waals surface area contributed by atoms with Crippen LogP contribution >= 0.6 is 11.6 Å². The van der Waals surface area contributed by atoms with Gasteiger partial charge in [-0.2, -0.15) is 4.98 Å². The molecule has 0 spiro atoms. The van der Waals surface area contributed by atoms with E-state index in [1.54, 1.807) is 13.3 Å². The van der Waals surface area contributed by atoms with E-state index < -0.39 is 0 Å². The average Bonchev–Trinajstić information content (AvgIpc) is 2.60. The first-order chi connectivity index (χ1) is 11.3. The lowest BCUT2D eigenvalue weighted by Crippen LogP contribution is -2.26. The third kappa shape index (κ3) is 2.47. The zero-order valence-corrected chi connectivity index (χ0v) is 13.4. The Hall–Kier alpha value is -2.40. The Labute approximate surface area is 138 Å². The van der Waals surface area contributed by atoms with Crippen molar-refractivity contribution in [3.05, 3.63) is 47.4 Å². The first-order valence-electron chi connectivity index (χ1n) is 7.49. The third-order valence-corrected chi connectivity index (χ3v) is 4.24. The molecule has 0 atom stereocenters. The highest BCUT2D eigenvalue weighted by molar-refractivity contribution is 6.28. The molecule has 0 fully saturated rings. The van der Waals surface area contributed by atoms with Crippen LogP contribution in [0.4, 0.5) is 11.5 Å². The maximum absolute atomic E-state index is 6.12. The lowest BCUT2D eigenvalue weighted by molar-refractivity contribution is 0.414. The predicted octanol–water partition coefficient (Wildman–Crippen LogP) is 3.77. The number of hydrogen-bond donors (Lipinski definition) is 0. The second kappa shape index (κ2) is 5.66. The van der Waals surface area contributed by atoms with Crippen LogP contribution in [0, 0.1) is 0 Å². The Morgan fingerprint density at radius 3 is 3.00 bits per heavy atom. The summed E-state index contributed by atoms with van der Waals surface area (Å²) >= 11 is 6.12. The summed E-state index contributed by atoms with van der Waals surface area (Å²) in [5, 5.41) is 0.237. The number of rotatable bonds is 2. The summed E-state index contributed by atoms with van der Waals surface area (Å²) in [6.45, 7) is 0.873. The number of aromatic nitrogens is 3. The molecule has 23 heavy (non-hydrogen) atoms. The van der Waals surface area contributed by atoms with Crippen molar-refractivity contribution in [1.82, 2.24) is 15.0 Å². The Bertz CT molecular complexity index is 884. The Morgan fingerprint density at radius 2 is 2.13 bits per heavy atom. The number of ether oxygens (including phenoxy) is 1. The molecule has 2 aromatic heterocycles. The standard InChI is InChI=1S/C17H15ClN4O/c1-23-12-6-7-14-11(10-12)4-3-9-22(14)16-15-13(5-2-8-19-15)20-17(18)21-16/h2,5-8,10H,3-4,9H2,1H3. The SMILES string of the molecule is COc1ccc2c(c1)CCCN2c1nc(Cl)nc2cccnc12. The average molecular weight is 327 g/mol. The van der Waals surface area contributed by atoms with Crippen molar-refractivity contribution in [1.29, 1.82) is 0 Å². The molecule has 4 rings (SSSR count). The molecular weight excluding hydrogens is 312 g/mol. The van der Waals surface area contributed by atoms with Gasteiger partial charge in [0.15, 0.2) is 5.82 Å². The number of pyridine rings is 1. The van der Waals surface area contributed by atoms with Gasteiger partial charge in [0.05, 0.1) is 12.6 Å². The van der Waals surface area contributed by atoms with E-state index >= 15 is 0 Å². The van der Waals surface area contributed by atoms with E-state index in [4.69, 9.17) is 16.3 Å². The van der Waals surface area contributed by atoms with Gasteiger partial charge in [0, 0.05) is 18.4 Å². The second-order valence-electron chi connectivity index (χ2n) is 5.44. The van der Waals surface area contributed by atoms with Gasteiger partial charge < -0.3 is 9.64 Å². The molecule has 0 saturated carbocycles. The lowest BCUT2D eigenvalue weighted by atomic mass is 10.0. The van der Waals surface area contributed by atoms with Crippen molar-refractivity contribution >= 4 is 34.1 Å². The molecule has 0 aliphatic carbocycles. The van der Waals surface area contributed by atoms with Gasteiger partial charge in [-0.1, -0.05) is 0 Å². The third-order valence-electron chi connectivity index (χ3n) is 4.07. The van der Waals surface area contributed by atoms with Crippen molar-refractivity contribution < 1.29 is 4.74 Å². The monoisotopic (exact) mass is 326 g/mol. The highest BCUT2D eigenvalue weighted by Gasteiger charge is 2.23. The van der Waals surface area contributed by atoms with E-state index in [2.05, 4.69) is 32.0 Å². The van der Waals surface area contributed by atoms with Gasteiger partial charge in [0.2, 0.25) is 5.28 Å². The van der Waals surface area contributed by atoms with Crippen LogP contribution in [0.3, 0.4) is 0 Å². The Morgan fingerprint density at radius 1 is 1.22 bits per heavy atom. The summed E-state index contributed by atoms with van der Waals surface area (Å²) in [7, 11) is 1.68. The summed E-state index contributed by atoms with van der Waals surface area (Å²) in [4.78, 5) is 15.3. The molecule has 116 valence electrons. The first kappa shape index (κ1) is 14.2. The van der Waals surface area contributed by atoms with Crippen molar-refractivity contribution in [3.8, 4) is 5.75 Å². The normalized spacial score (nSPS) is 13.9. The topological polar surface area (TPSA) is 51.1 Å². The number of anilines is 2. The lowest BCUT2D eigenvalue weighted by Gasteiger charge is -2.31. The van der Waals surface area contributed by atoms with Crippen molar-refractivity contribution in [2.45, 2.75) is 12.8 Å². The molecule has 1 aliphatic heterocycles. The van der Waals surface area contributed by atoms with Gasteiger partial charge >= 0.3 is 0 Å². The highest BCUT2D eigenvalue weighted by Crippen LogP contribution is 2.37. The van der Waals surface area contributed by atoms with Crippen LogP contribution in [0.1, 0.15) is 12.0 Å². The maximum Gasteiger partial charge on any atom is 0.225 e. The van der Waals surface area contributed by atoms with E-state index in [9.17, 15) is 0 Å². The van der Waals surface area contributed by atoms with Crippen molar-refractivity contribution in [2.24, 2.45) is 0 Å². The number of benzene rings is 1. The van der Waals surface area contributed by atoms with Crippen LogP contribution in [0.25, 0.3) is 11.0 Å². The Balaban J connectivity index is 1.90. The smallest absolute Gasteiger partial charge is 0.225 e. The van der Waals surface area contributed by atoms with Crippen LogP contribution < -0.4 is 9.64 Å². The maximum atomic E-state index is 6.12. The summed E-state index contributed by atoms with van der Waals surface area (Å²) in [6.07, 6.45) is 3.81. The van der Waals surface area contributed by atoms with Gasteiger partial charge in [-0.15, -0.1) is 0 Å². The molecule has 0 radical (unpaired) electrons. The van der Waals surface area contributed by atoms with E-state index in [0.717, 1.165) is 47.7 Å². The van der Waals surface area contributed by atoms with E-state index in [1.165, 1.54) is 5.56 Å². The Kier molecular flexibility index (Phi) is 3.50. The number of hydrogen-bond acceptors (Lipinski definition) is 5. The van der Waals surface area contributed by atoms with Crippen LogP contribution in [-0.2, 0) is 6.42 Å². The number of fused-ring (bicyclic) bond motifs is 2. The molecule has 0 amide bonds. The van der Waals surface area contributed by atoms with Gasteiger partial charge in [-0.25, -0.2) is 4.98 Å². The number of nitrogens with zero attached hydrogens (tertiary/aromatic N) is 4. The fourth-order valence-electron chi connectivity index (χ4n) is 3.03. The number of halogens is 1. The minimum Gasteiger partial charge on any atom is -0.497 e. The first-order valence-corrected chi connectivity index (χ1v) is 7.87. The highest BCUT2D eigenvalue weighted by atomic mass is 35.5.